The average molecular weight is 496 g/mol. The lowest BCUT2D eigenvalue weighted by molar-refractivity contribution is -0.118. The van der Waals surface area contributed by atoms with Crippen LogP contribution in [0, 0.1) is 6.92 Å². The van der Waals surface area contributed by atoms with Gasteiger partial charge in [0.1, 0.15) is 29.1 Å². The molecule has 0 aliphatic carbocycles. The number of aliphatic hydroxyl groups excluding tert-OH is 1. The number of hydrogen-bond acceptors (Lipinski definition) is 7. The third-order valence-electron chi connectivity index (χ3n) is 5.55. The zero-order valence-electron chi connectivity index (χ0n) is 18.2. The van der Waals surface area contributed by atoms with E-state index in [1.54, 1.807) is 0 Å². The Labute approximate surface area is 197 Å². The molecule has 1 atom stereocenters. The highest BCUT2D eigenvalue weighted by Gasteiger charge is 2.32. The minimum absolute atomic E-state index is 0.0191. The molecule has 2 aliphatic heterocycles. The number of nitrogens with zero attached hydrogens (tertiary/aromatic N) is 2. The summed E-state index contributed by atoms with van der Waals surface area (Å²) in [6.45, 7) is 3.81. The zero-order valence-corrected chi connectivity index (χ0v) is 19.7. The van der Waals surface area contributed by atoms with Crippen LogP contribution in [0.25, 0.3) is 0 Å². The second-order valence-corrected chi connectivity index (χ2v) is 10.4. The molecule has 0 spiro atoms. The highest BCUT2D eigenvalue weighted by atomic mass is 35.5. The number of amides is 1. The number of nitrogens with one attached hydrogen (secondary N) is 1. The van der Waals surface area contributed by atoms with Crippen molar-refractivity contribution >= 4 is 33.2 Å². The normalized spacial score (nSPS) is 18.2. The number of β-amino-alcohol motifs (C(OH)–C–C–N with tert-alkyl or cyclic N) is 1. The first-order chi connectivity index (χ1) is 15.7. The number of halogens is 1. The standard InChI is InChI=1S/C22H26ClN3O6S/c1-15-2-4-17(5-3-15)31-13-16(27)12-25-6-8-26(9-7-25)33(29,30)21-11-20-19(10-18(21)23)24-22(28)14-32-20/h2-5,10-11,16,27H,6-9,12-14H2,1H3,(H,24,28). The lowest BCUT2D eigenvalue weighted by Crippen LogP contribution is -2.50. The van der Waals surface area contributed by atoms with Gasteiger partial charge in [-0.2, -0.15) is 4.31 Å². The van der Waals surface area contributed by atoms with Crippen molar-refractivity contribution in [3.63, 3.8) is 0 Å². The number of hydrogen-bond donors (Lipinski definition) is 2. The molecule has 9 nitrogen and oxygen atoms in total. The van der Waals surface area contributed by atoms with Crippen LogP contribution in [0.1, 0.15) is 5.56 Å². The Bertz CT molecular complexity index is 1120. The van der Waals surface area contributed by atoms with Gasteiger partial charge >= 0.3 is 0 Å². The van der Waals surface area contributed by atoms with Gasteiger partial charge in [0.25, 0.3) is 5.91 Å². The van der Waals surface area contributed by atoms with Crippen molar-refractivity contribution in [3.05, 3.63) is 47.0 Å². The molecule has 11 heteroatoms. The molecule has 1 unspecified atom stereocenters. The van der Waals surface area contributed by atoms with Crippen molar-refractivity contribution in [3.8, 4) is 11.5 Å². The van der Waals surface area contributed by atoms with Crippen LogP contribution in [0.2, 0.25) is 5.02 Å². The molecule has 1 fully saturated rings. The molecule has 2 N–H and O–H groups in total. The number of ether oxygens (including phenoxy) is 2. The van der Waals surface area contributed by atoms with E-state index >= 15 is 0 Å². The number of piperazine rings is 1. The van der Waals surface area contributed by atoms with Gasteiger partial charge in [0.2, 0.25) is 10.0 Å². The first-order valence-corrected chi connectivity index (χ1v) is 12.4. The molecule has 33 heavy (non-hydrogen) atoms. The van der Waals surface area contributed by atoms with Gasteiger partial charge in [0.15, 0.2) is 6.61 Å². The van der Waals surface area contributed by atoms with Crippen molar-refractivity contribution in [2.24, 2.45) is 0 Å². The predicted octanol–water partition coefficient (Wildman–Crippen LogP) is 1.73. The number of carbonyl (C=O) groups is 1. The van der Waals surface area contributed by atoms with Crippen LogP contribution in [-0.2, 0) is 14.8 Å². The van der Waals surface area contributed by atoms with Crippen LogP contribution < -0.4 is 14.8 Å². The van der Waals surface area contributed by atoms with Gasteiger partial charge in [-0.25, -0.2) is 8.42 Å². The van der Waals surface area contributed by atoms with Gasteiger partial charge in [0, 0.05) is 38.8 Å². The van der Waals surface area contributed by atoms with Crippen LogP contribution in [0.3, 0.4) is 0 Å². The molecule has 2 aromatic rings. The molecular weight excluding hydrogens is 470 g/mol. The quantitative estimate of drug-likeness (QED) is 0.602. The summed E-state index contributed by atoms with van der Waals surface area (Å²) in [7, 11) is -3.85. The molecule has 2 heterocycles. The third kappa shape index (κ3) is 5.59. The number of rotatable bonds is 7. The maximum absolute atomic E-state index is 13.2. The first-order valence-electron chi connectivity index (χ1n) is 10.6. The van der Waals surface area contributed by atoms with Gasteiger partial charge in [-0.3, -0.25) is 9.69 Å². The Kier molecular flexibility index (Phi) is 7.10. The van der Waals surface area contributed by atoms with Gasteiger partial charge in [-0.1, -0.05) is 29.3 Å². The molecule has 4 rings (SSSR count). The van der Waals surface area contributed by atoms with Crippen molar-refractivity contribution < 1.29 is 27.8 Å². The topological polar surface area (TPSA) is 108 Å². The lowest BCUT2D eigenvalue weighted by Gasteiger charge is -2.35. The number of carbonyl (C=O) groups excluding carboxylic acids is 1. The summed E-state index contributed by atoms with van der Waals surface area (Å²) >= 11 is 6.23. The summed E-state index contributed by atoms with van der Waals surface area (Å²) in [5.41, 5.74) is 1.48. The Hall–Kier alpha value is -2.37. The van der Waals surface area contributed by atoms with Crippen molar-refractivity contribution in [1.29, 1.82) is 0 Å². The summed E-state index contributed by atoms with van der Waals surface area (Å²) in [5, 5.41) is 13.0. The highest BCUT2D eigenvalue weighted by Crippen LogP contribution is 2.37. The fourth-order valence-electron chi connectivity index (χ4n) is 3.75. The fraction of sp³-hybridized carbons (Fsp3) is 0.409. The van der Waals surface area contributed by atoms with Crippen LogP contribution >= 0.6 is 11.6 Å². The van der Waals surface area contributed by atoms with Crippen LogP contribution in [-0.4, -0.2) is 80.7 Å². The predicted molar refractivity (Wildman–Crippen MR) is 123 cm³/mol. The number of benzene rings is 2. The molecule has 0 radical (unpaired) electrons. The zero-order chi connectivity index (χ0) is 23.6. The summed E-state index contributed by atoms with van der Waals surface area (Å²) in [4.78, 5) is 13.4. The fourth-order valence-corrected chi connectivity index (χ4v) is 5.69. The molecule has 1 saturated heterocycles. The average Bonchev–Trinajstić information content (AvgIpc) is 2.78. The van der Waals surface area contributed by atoms with Crippen molar-refractivity contribution in [2.75, 3.05) is 51.3 Å². The number of aryl methyl sites for hydroxylation is 1. The largest absolute Gasteiger partial charge is 0.491 e. The van der Waals surface area contributed by atoms with Crippen LogP contribution in [0.15, 0.2) is 41.3 Å². The maximum Gasteiger partial charge on any atom is 0.262 e. The summed E-state index contributed by atoms with van der Waals surface area (Å²) in [5.74, 6) is 0.644. The van der Waals surface area contributed by atoms with E-state index in [4.69, 9.17) is 21.1 Å². The molecule has 0 aromatic heterocycles. The number of anilines is 1. The number of aliphatic hydroxyl groups is 1. The van der Waals surface area contributed by atoms with E-state index < -0.39 is 16.1 Å². The van der Waals surface area contributed by atoms with Crippen molar-refractivity contribution in [2.45, 2.75) is 17.9 Å². The molecule has 2 aromatic carbocycles. The molecule has 0 saturated carbocycles. The van der Waals surface area contributed by atoms with E-state index in [1.165, 1.54) is 16.4 Å². The summed E-state index contributed by atoms with van der Waals surface area (Å²) in [6, 6.07) is 10.3. The van der Waals surface area contributed by atoms with E-state index in [0.717, 1.165) is 5.56 Å². The minimum atomic E-state index is -3.85. The van der Waals surface area contributed by atoms with E-state index in [-0.39, 0.29) is 47.9 Å². The molecular formula is C22H26ClN3O6S. The maximum atomic E-state index is 13.2. The highest BCUT2D eigenvalue weighted by molar-refractivity contribution is 7.89. The SMILES string of the molecule is Cc1ccc(OCC(O)CN2CCN(S(=O)(=O)c3cc4c(cc3Cl)NC(=O)CO4)CC2)cc1. The first kappa shape index (κ1) is 23.8. The van der Waals surface area contributed by atoms with Gasteiger partial charge in [0.05, 0.1) is 10.7 Å². The van der Waals surface area contributed by atoms with E-state index in [2.05, 4.69) is 5.32 Å². The monoisotopic (exact) mass is 495 g/mol. The van der Waals surface area contributed by atoms with Gasteiger partial charge in [-0.05, 0) is 25.1 Å². The Balaban J connectivity index is 1.32. The van der Waals surface area contributed by atoms with E-state index in [9.17, 15) is 18.3 Å². The van der Waals surface area contributed by atoms with Crippen LogP contribution in [0.5, 0.6) is 11.5 Å². The van der Waals surface area contributed by atoms with E-state index in [1.807, 2.05) is 36.1 Å². The Morgan fingerprint density at radius 2 is 1.88 bits per heavy atom. The van der Waals surface area contributed by atoms with Gasteiger partial charge < -0.3 is 19.9 Å². The summed E-state index contributed by atoms with van der Waals surface area (Å²) < 4.78 is 38.7. The van der Waals surface area contributed by atoms with E-state index in [0.29, 0.717) is 31.1 Å². The van der Waals surface area contributed by atoms with Crippen LogP contribution in [0.4, 0.5) is 5.69 Å². The third-order valence-corrected chi connectivity index (χ3v) is 7.91. The smallest absolute Gasteiger partial charge is 0.262 e. The number of sulfonamides is 1. The second-order valence-electron chi connectivity index (χ2n) is 8.10. The molecule has 2 aliphatic rings. The second kappa shape index (κ2) is 9.86. The van der Waals surface area contributed by atoms with Crippen molar-refractivity contribution in [1.82, 2.24) is 9.21 Å². The minimum Gasteiger partial charge on any atom is -0.491 e. The molecule has 0 bridgehead atoms. The Morgan fingerprint density at radius 3 is 2.58 bits per heavy atom. The van der Waals surface area contributed by atoms with Gasteiger partial charge in [-0.15, -0.1) is 0 Å². The Morgan fingerprint density at radius 1 is 1.18 bits per heavy atom. The molecule has 178 valence electrons. The molecule has 1 amide bonds. The number of fused-ring (bicyclic) bond motifs is 1. The summed E-state index contributed by atoms with van der Waals surface area (Å²) in [6.07, 6.45) is -0.697. The lowest BCUT2D eigenvalue weighted by atomic mass is 10.2.